The number of thioether (sulfide) groups is 1. The summed E-state index contributed by atoms with van der Waals surface area (Å²) in [6.45, 7) is 1.87. The summed E-state index contributed by atoms with van der Waals surface area (Å²) in [6.07, 6.45) is 1.94. The Morgan fingerprint density at radius 2 is 2.28 bits per heavy atom. The van der Waals surface area contributed by atoms with Crippen LogP contribution in [-0.4, -0.2) is 28.9 Å². The van der Waals surface area contributed by atoms with Crippen molar-refractivity contribution >= 4 is 35.0 Å². The fourth-order valence-corrected chi connectivity index (χ4v) is 2.16. The predicted molar refractivity (Wildman–Crippen MR) is 73.4 cm³/mol. The smallest absolute Gasteiger partial charge is 0.288 e. The monoisotopic (exact) mass is 288 g/mol. The fourth-order valence-electron chi connectivity index (χ4n) is 1.39. The van der Waals surface area contributed by atoms with Gasteiger partial charge in [0.2, 0.25) is 0 Å². The lowest BCUT2D eigenvalue weighted by atomic mass is 10.2. The van der Waals surface area contributed by atoms with E-state index in [9.17, 15) is 14.9 Å². The number of carbonyl (C=O) groups is 1. The summed E-state index contributed by atoms with van der Waals surface area (Å²) in [5.41, 5.74) is -0.0270. The van der Waals surface area contributed by atoms with E-state index in [4.69, 9.17) is 11.6 Å². The molecule has 7 heteroatoms. The molecule has 1 amide bonds. The number of hydrogen-bond acceptors (Lipinski definition) is 4. The molecule has 1 aromatic carbocycles. The first-order valence-corrected chi connectivity index (χ1v) is 6.96. The zero-order valence-electron chi connectivity index (χ0n) is 9.97. The van der Waals surface area contributed by atoms with Gasteiger partial charge in [0.05, 0.1) is 4.92 Å². The Labute approximate surface area is 114 Å². The maximum absolute atomic E-state index is 11.8. The number of nitro benzene ring substituents is 1. The molecule has 98 valence electrons. The van der Waals surface area contributed by atoms with Crippen molar-refractivity contribution in [3.05, 3.63) is 38.9 Å². The second kappa shape index (κ2) is 6.61. The Bertz CT molecular complexity index is 468. The second-order valence-corrected chi connectivity index (χ2v) is 5.07. The van der Waals surface area contributed by atoms with E-state index < -0.39 is 4.92 Å². The maximum atomic E-state index is 11.8. The van der Waals surface area contributed by atoms with E-state index in [1.807, 2.05) is 13.2 Å². The number of amides is 1. The number of nitro groups is 1. The van der Waals surface area contributed by atoms with Crippen LogP contribution in [-0.2, 0) is 0 Å². The lowest BCUT2D eigenvalue weighted by Crippen LogP contribution is -2.34. The lowest BCUT2D eigenvalue weighted by Gasteiger charge is -2.12. The van der Waals surface area contributed by atoms with Crippen LogP contribution in [0.2, 0.25) is 5.02 Å². The van der Waals surface area contributed by atoms with Gasteiger partial charge in [-0.15, -0.1) is 0 Å². The van der Waals surface area contributed by atoms with Gasteiger partial charge in [-0.1, -0.05) is 11.6 Å². The average Bonchev–Trinajstić information content (AvgIpc) is 2.29. The molecule has 0 fully saturated rings. The average molecular weight is 289 g/mol. The van der Waals surface area contributed by atoms with E-state index >= 15 is 0 Å². The van der Waals surface area contributed by atoms with E-state index in [1.54, 1.807) is 11.8 Å². The topological polar surface area (TPSA) is 72.2 Å². The number of halogens is 1. The molecule has 1 unspecified atom stereocenters. The molecule has 0 spiro atoms. The van der Waals surface area contributed by atoms with Gasteiger partial charge in [0.25, 0.3) is 11.6 Å². The van der Waals surface area contributed by atoms with E-state index in [0.717, 1.165) is 5.75 Å². The Morgan fingerprint density at radius 1 is 1.61 bits per heavy atom. The van der Waals surface area contributed by atoms with Crippen molar-refractivity contribution in [1.82, 2.24) is 5.32 Å². The van der Waals surface area contributed by atoms with Crippen LogP contribution >= 0.6 is 23.4 Å². The fraction of sp³-hybridized carbons (Fsp3) is 0.364. The predicted octanol–water partition coefficient (Wildman–Crippen LogP) is 2.73. The molecule has 0 radical (unpaired) electrons. The minimum Gasteiger partial charge on any atom is -0.349 e. The third-order valence-electron chi connectivity index (χ3n) is 2.20. The normalized spacial score (nSPS) is 11.9. The van der Waals surface area contributed by atoms with Crippen molar-refractivity contribution < 1.29 is 9.72 Å². The van der Waals surface area contributed by atoms with Gasteiger partial charge >= 0.3 is 0 Å². The van der Waals surface area contributed by atoms with Crippen molar-refractivity contribution in [2.75, 3.05) is 12.0 Å². The van der Waals surface area contributed by atoms with Gasteiger partial charge in [0.1, 0.15) is 5.02 Å². The number of benzene rings is 1. The second-order valence-electron chi connectivity index (χ2n) is 3.75. The van der Waals surface area contributed by atoms with Gasteiger partial charge in [0, 0.05) is 23.4 Å². The van der Waals surface area contributed by atoms with E-state index in [1.165, 1.54) is 18.2 Å². The van der Waals surface area contributed by atoms with Gasteiger partial charge < -0.3 is 5.32 Å². The summed E-state index contributed by atoms with van der Waals surface area (Å²) in [4.78, 5) is 21.9. The quantitative estimate of drug-likeness (QED) is 0.668. The van der Waals surface area contributed by atoms with Crippen LogP contribution in [0, 0.1) is 10.1 Å². The molecule has 0 saturated carbocycles. The summed E-state index contributed by atoms with van der Waals surface area (Å²) in [7, 11) is 0. The van der Waals surface area contributed by atoms with Crippen molar-refractivity contribution in [3.8, 4) is 0 Å². The molecular weight excluding hydrogens is 276 g/mol. The standard InChI is InChI=1S/C11H13ClN2O3S/c1-7(6-18-2)13-11(15)8-3-4-9(12)10(5-8)14(16)17/h3-5,7H,6H2,1-2H3,(H,13,15). The van der Waals surface area contributed by atoms with Crippen LogP contribution < -0.4 is 5.32 Å². The molecule has 0 saturated heterocycles. The van der Waals surface area contributed by atoms with Crippen LogP contribution in [0.25, 0.3) is 0 Å². The Morgan fingerprint density at radius 3 is 2.83 bits per heavy atom. The first-order chi connectivity index (χ1) is 8.45. The SMILES string of the molecule is CSCC(C)NC(=O)c1ccc(Cl)c([N+](=O)[O-])c1. The summed E-state index contributed by atoms with van der Waals surface area (Å²) in [5, 5.41) is 13.5. The van der Waals surface area contributed by atoms with Crippen LogP contribution in [0.1, 0.15) is 17.3 Å². The molecule has 5 nitrogen and oxygen atoms in total. The molecule has 0 aliphatic heterocycles. The zero-order valence-corrected chi connectivity index (χ0v) is 11.5. The van der Waals surface area contributed by atoms with Crippen molar-refractivity contribution in [2.45, 2.75) is 13.0 Å². The van der Waals surface area contributed by atoms with Gasteiger partial charge in [-0.3, -0.25) is 14.9 Å². The highest BCUT2D eigenvalue weighted by Crippen LogP contribution is 2.25. The van der Waals surface area contributed by atoms with E-state index in [-0.39, 0.29) is 28.2 Å². The highest BCUT2D eigenvalue weighted by Gasteiger charge is 2.17. The van der Waals surface area contributed by atoms with Crippen LogP contribution in [0.4, 0.5) is 5.69 Å². The number of nitrogens with one attached hydrogen (secondary N) is 1. The first kappa shape index (κ1) is 14.8. The molecule has 0 heterocycles. The summed E-state index contributed by atoms with van der Waals surface area (Å²) in [6, 6.07) is 4.01. The summed E-state index contributed by atoms with van der Waals surface area (Å²) in [5.74, 6) is 0.442. The molecule has 0 bridgehead atoms. The molecule has 1 atom stereocenters. The Kier molecular flexibility index (Phi) is 5.43. The van der Waals surface area contributed by atoms with Gasteiger partial charge in [-0.25, -0.2) is 0 Å². The van der Waals surface area contributed by atoms with Gasteiger partial charge in [-0.2, -0.15) is 11.8 Å². The number of carbonyl (C=O) groups excluding carboxylic acids is 1. The van der Waals surface area contributed by atoms with Crippen LogP contribution in [0.5, 0.6) is 0 Å². The lowest BCUT2D eigenvalue weighted by molar-refractivity contribution is -0.384. The molecule has 1 rings (SSSR count). The molecule has 0 aromatic heterocycles. The third-order valence-corrected chi connectivity index (χ3v) is 3.35. The highest BCUT2D eigenvalue weighted by atomic mass is 35.5. The third kappa shape index (κ3) is 3.89. The molecule has 0 aliphatic carbocycles. The molecule has 0 aliphatic rings. The Balaban J connectivity index is 2.87. The largest absolute Gasteiger partial charge is 0.349 e. The highest BCUT2D eigenvalue weighted by molar-refractivity contribution is 7.98. The molecular formula is C11H13ClN2O3S. The minimum atomic E-state index is -0.607. The summed E-state index contributed by atoms with van der Waals surface area (Å²) < 4.78 is 0. The zero-order chi connectivity index (χ0) is 13.7. The first-order valence-electron chi connectivity index (χ1n) is 5.19. The van der Waals surface area contributed by atoms with Crippen LogP contribution in [0.3, 0.4) is 0 Å². The van der Waals surface area contributed by atoms with Crippen LogP contribution in [0.15, 0.2) is 18.2 Å². The molecule has 1 N–H and O–H groups in total. The Hall–Kier alpha value is -1.27. The number of rotatable bonds is 5. The summed E-state index contributed by atoms with van der Waals surface area (Å²) >= 11 is 7.29. The van der Waals surface area contributed by atoms with Gasteiger partial charge in [-0.05, 0) is 25.3 Å². The van der Waals surface area contributed by atoms with E-state index in [2.05, 4.69) is 5.32 Å². The van der Waals surface area contributed by atoms with Crippen molar-refractivity contribution in [2.24, 2.45) is 0 Å². The van der Waals surface area contributed by atoms with Gasteiger partial charge in [0.15, 0.2) is 0 Å². The molecule has 1 aromatic rings. The minimum absolute atomic E-state index is 0.00207. The van der Waals surface area contributed by atoms with Crippen molar-refractivity contribution in [1.29, 1.82) is 0 Å². The number of hydrogen-bond donors (Lipinski definition) is 1. The maximum Gasteiger partial charge on any atom is 0.288 e. The number of nitrogens with zero attached hydrogens (tertiary/aromatic N) is 1. The van der Waals surface area contributed by atoms with Crippen molar-refractivity contribution in [3.63, 3.8) is 0 Å². The van der Waals surface area contributed by atoms with E-state index in [0.29, 0.717) is 0 Å². The molecule has 18 heavy (non-hydrogen) atoms.